The molecule has 1 aliphatic heterocycles. The number of carbonyl (C=O) groups is 3. The van der Waals surface area contributed by atoms with E-state index in [0.29, 0.717) is 18.7 Å². The van der Waals surface area contributed by atoms with E-state index in [0.717, 1.165) is 17.2 Å². The standard InChI is InChI=1S/C26H22Cl2FN3O3/c27-21-15-22(28)23(29)14-20(21)26(35)32-12-10-31(11-13-32)24(33)16-30-25(34)19-8-6-18(7-9-19)17-4-2-1-3-5-17/h1-9,14-15H,10-13,16H2,(H,30,34). The lowest BCUT2D eigenvalue weighted by Crippen LogP contribution is -2.52. The van der Waals surface area contributed by atoms with Crippen LogP contribution in [0.5, 0.6) is 0 Å². The van der Waals surface area contributed by atoms with Crippen molar-refractivity contribution in [3.8, 4) is 11.1 Å². The first-order valence-electron chi connectivity index (χ1n) is 11.0. The van der Waals surface area contributed by atoms with Crippen molar-refractivity contribution in [2.75, 3.05) is 32.7 Å². The zero-order chi connectivity index (χ0) is 24.9. The van der Waals surface area contributed by atoms with Crippen molar-refractivity contribution in [2.24, 2.45) is 0 Å². The van der Waals surface area contributed by atoms with Gasteiger partial charge < -0.3 is 15.1 Å². The molecule has 3 amide bonds. The Hall–Kier alpha value is -3.42. The molecule has 4 rings (SSSR count). The van der Waals surface area contributed by atoms with Gasteiger partial charge >= 0.3 is 0 Å². The molecule has 0 saturated carbocycles. The maximum atomic E-state index is 13.8. The average Bonchev–Trinajstić information content (AvgIpc) is 2.89. The Labute approximate surface area is 212 Å². The molecule has 3 aromatic rings. The third-order valence-corrected chi connectivity index (χ3v) is 6.42. The summed E-state index contributed by atoms with van der Waals surface area (Å²) in [5.41, 5.74) is 2.53. The highest BCUT2D eigenvalue weighted by molar-refractivity contribution is 6.36. The van der Waals surface area contributed by atoms with E-state index in [1.54, 1.807) is 17.0 Å². The number of nitrogens with zero attached hydrogens (tertiary/aromatic N) is 2. The summed E-state index contributed by atoms with van der Waals surface area (Å²) in [5, 5.41) is 2.56. The normalized spacial score (nSPS) is 13.5. The molecule has 1 fully saturated rings. The second-order valence-electron chi connectivity index (χ2n) is 8.05. The number of nitrogens with one attached hydrogen (secondary N) is 1. The van der Waals surface area contributed by atoms with Gasteiger partial charge in [0.25, 0.3) is 11.8 Å². The summed E-state index contributed by atoms with van der Waals surface area (Å²) in [4.78, 5) is 40.9. The number of carbonyl (C=O) groups excluding carboxylic acids is 3. The Morgan fingerprint density at radius 3 is 2.06 bits per heavy atom. The predicted octanol–water partition coefficient (Wildman–Crippen LogP) is 4.51. The molecule has 1 aliphatic rings. The van der Waals surface area contributed by atoms with Gasteiger partial charge in [-0.15, -0.1) is 0 Å². The molecule has 0 atom stereocenters. The lowest BCUT2D eigenvalue weighted by atomic mass is 10.0. The van der Waals surface area contributed by atoms with E-state index in [-0.39, 0.29) is 47.1 Å². The summed E-state index contributed by atoms with van der Waals surface area (Å²) in [6, 6.07) is 19.2. The number of halogens is 3. The van der Waals surface area contributed by atoms with Crippen LogP contribution in [-0.2, 0) is 4.79 Å². The predicted molar refractivity (Wildman–Crippen MR) is 133 cm³/mol. The number of piperazine rings is 1. The van der Waals surface area contributed by atoms with E-state index in [4.69, 9.17) is 23.2 Å². The highest BCUT2D eigenvalue weighted by Crippen LogP contribution is 2.26. The molecule has 0 radical (unpaired) electrons. The van der Waals surface area contributed by atoms with E-state index < -0.39 is 11.7 Å². The fourth-order valence-corrected chi connectivity index (χ4v) is 4.29. The van der Waals surface area contributed by atoms with Crippen LogP contribution in [0, 0.1) is 5.82 Å². The fraction of sp³-hybridized carbons (Fsp3) is 0.192. The smallest absolute Gasteiger partial charge is 0.255 e. The number of amides is 3. The van der Waals surface area contributed by atoms with Gasteiger partial charge in [-0.05, 0) is 35.4 Å². The molecule has 0 aliphatic carbocycles. The fourth-order valence-electron chi connectivity index (χ4n) is 3.83. The van der Waals surface area contributed by atoms with Crippen LogP contribution in [0.15, 0.2) is 66.7 Å². The lowest BCUT2D eigenvalue weighted by Gasteiger charge is -2.35. The minimum absolute atomic E-state index is 0.0267. The Morgan fingerprint density at radius 2 is 1.40 bits per heavy atom. The van der Waals surface area contributed by atoms with Gasteiger partial charge in [0.1, 0.15) is 5.82 Å². The van der Waals surface area contributed by atoms with Crippen LogP contribution in [0.25, 0.3) is 11.1 Å². The van der Waals surface area contributed by atoms with Gasteiger partial charge in [0.05, 0.1) is 22.2 Å². The Bertz CT molecular complexity index is 1240. The van der Waals surface area contributed by atoms with E-state index in [9.17, 15) is 18.8 Å². The number of benzene rings is 3. The monoisotopic (exact) mass is 513 g/mol. The summed E-state index contributed by atoms with van der Waals surface area (Å²) in [6.07, 6.45) is 0. The third kappa shape index (κ3) is 5.81. The van der Waals surface area contributed by atoms with Crippen LogP contribution in [0.2, 0.25) is 10.0 Å². The lowest BCUT2D eigenvalue weighted by molar-refractivity contribution is -0.131. The van der Waals surface area contributed by atoms with Crippen molar-refractivity contribution in [3.05, 3.63) is 93.7 Å². The molecule has 0 unspecified atom stereocenters. The summed E-state index contributed by atoms with van der Waals surface area (Å²) in [6.45, 7) is 0.960. The molecule has 6 nitrogen and oxygen atoms in total. The van der Waals surface area contributed by atoms with Gasteiger partial charge in [0.2, 0.25) is 5.91 Å². The summed E-state index contributed by atoms with van der Waals surface area (Å²) < 4.78 is 13.8. The van der Waals surface area contributed by atoms with Gasteiger partial charge in [0.15, 0.2) is 0 Å². The molecular weight excluding hydrogens is 492 g/mol. The largest absolute Gasteiger partial charge is 0.343 e. The summed E-state index contributed by atoms with van der Waals surface area (Å²) in [7, 11) is 0. The molecule has 0 spiro atoms. The molecule has 9 heteroatoms. The maximum absolute atomic E-state index is 13.8. The molecule has 1 heterocycles. The van der Waals surface area contributed by atoms with Gasteiger partial charge in [-0.2, -0.15) is 0 Å². The third-order valence-electron chi connectivity index (χ3n) is 5.81. The van der Waals surface area contributed by atoms with E-state index >= 15 is 0 Å². The van der Waals surface area contributed by atoms with Crippen molar-refractivity contribution in [2.45, 2.75) is 0 Å². The summed E-state index contributed by atoms with van der Waals surface area (Å²) >= 11 is 11.7. The Kier molecular flexibility index (Phi) is 7.68. The van der Waals surface area contributed by atoms with E-state index in [1.807, 2.05) is 42.5 Å². The minimum atomic E-state index is -0.723. The van der Waals surface area contributed by atoms with Crippen LogP contribution in [0.1, 0.15) is 20.7 Å². The van der Waals surface area contributed by atoms with E-state index in [1.165, 1.54) is 11.0 Å². The topological polar surface area (TPSA) is 69.7 Å². The molecule has 1 saturated heterocycles. The second-order valence-corrected chi connectivity index (χ2v) is 8.86. The van der Waals surface area contributed by atoms with Crippen LogP contribution in [0.3, 0.4) is 0 Å². The van der Waals surface area contributed by atoms with Crippen molar-refractivity contribution in [3.63, 3.8) is 0 Å². The van der Waals surface area contributed by atoms with Gasteiger partial charge in [-0.25, -0.2) is 4.39 Å². The molecule has 0 bridgehead atoms. The first-order chi connectivity index (χ1) is 16.8. The molecule has 1 N–H and O–H groups in total. The zero-order valence-corrected chi connectivity index (χ0v) is 20.2. The van der Waals surface area contributed by atoms with E-state index in [2.05, 4.69) is 5.32 Å². The van der Waals surface area contributed by atoms with Gasteiger partial charge in [0, 0.05) is 31.7 Å². The van der Waals surface area contributed by atoms with Crippen LogP contribution in [0.4, 0.5) is 4.39 Å². The number of hydrogen-bond donors (Lipinski definition) is 1. The Balaban J connectivity index is 1.27. The quantitative estimate of drug-likeness (QED) is 0.510. The Morgan fingerprint density at radius 1 is 0.800 bits per heavy atom. The number of hydrogen-bond acceptors (Lipinski definition) is 3. The van der Waals surface area contributed by atoms with Crippen molar-refractivity contribution >= 4 is 40.9 Å². The van der Waals surface area contributed by atoms with Crippen LogP contribution >= 0.6 is 23.2 Å². The SMILES string of the molecule is O=C(NCC(=O)N1CCN(C(=O)c2cc(F)c(Cl)cc2Cl)CC1)c1ccc(-c2ccccc2)cc1. The van der Waals surface area contributed by atoms with Crippen LogP contribution in [-0.4, -0.2) is 60.2 Å². The molecule has 180 valence electrons. The number of rotatable bonds is 5. The van der Waals surface area contributed by atoms with Crippen molar-refractivity contribution < 1.29 is 18.8 Å². The maximum Gasteiger partial charge on any atom is 0.255 e. The first-order valence-corrected chi connectivity index (χ1v) is 11.7. The molecular formula is C26H22Cl2FN3O3. The average molecular weight is 514 g/mol. The summed E-state index contributed by atoms with van der Waals surface area (Å²) in [5.74, 6) is -1.74. The van der Waals surface area contributed by atoms with Gasteiger partial charge in [-0.1, -0.05) is 65.7 Å². The molecule has 35 heavy (non-hydrogen) atoms. The first kappa shape index (κ1) is 24.7. The highest BCUT2D eigenvalue weighted by Gasteiger charge is 2.26. The van der Waals surface area contributed by atoms with Gasteiger partial charge in [-0.3, -0.25) is 14.4 Å². The molecule has 3 aromatic carbocycles. The highest BCUT2D eigenvalue weighted by atomic mass is 35.5. The van der Waals surface area contributed by atoms with Crippen molar-refractivity contribution in [1.82, 2.24) is 15.1 Å². The second kappa shape index (κ2) is 10.9. The molecule has 0 aromatic heterocycles. The van der Waals surface area contributed by atoms with Crippen LogP contribution < -0.4 is 5.32 Å². The minimum Gasteiger partial charge on any atom is -0.343 e. The van der Waals surface area contributed by atoms with Crippen molar-refractivity contribution in [1.29, 1.82) is 0 Å². The zero-order valence-electron chi connectivity index (χ0n) is 18.6.